The smallest absolute Gasteiger partial charge is 0.0306 e. The van der Waals surface area contributed by atoms with Crippen molar-refractivity contribution in [3.8, 4) is 0 Å². The molecular weight excluding hydrogens is 222 g/mol. The maximum absolute atomic E-state index is 3.75. The fourth-order valence-electron chi connectivity index (χ4n) is 3.68. The third-order valence-corrected chi connectivity index (χ3v) is 4.99. The molecule has 2 heterocycles. The lowest BCUT2D eigenvalue weighted by molar-refractivity contribution is 0.150. The van der Waals surface area contributed by atoms with Crippen molar-refractivity contribution < 1.29 is 0 Å². The van der Waals surface area contributed by atoms with Crippen LogP contribution in [0.15, 0.2) is 0 Å². The largest absolute Gasteiger partial charge is 0.310 e. The number of piperidine rings is 1. The molecule has 0 amide bonds. The summed E-state index contributed by atoms with van der Waals surface area (Å²) in [5.74, 6) is 0.918. The van der Waals surface area contributed by atoms with E-state index in [-0.39, 0.29) is 0 Å². The second-order valence-electron chi connectivity index (χ2n) is 6.61. The van der Waals surface area contributed by atoms with Crippen LogP contribution in [0.3, 0.4) is 0 Å². The Bertz CT molecular complexity index is 240. The average Bonchev–Trinajstić information content (AvgIpc) is 2.81. The highest BCUT2D eigenvalue weighted by Gasteiger charge is 2.33. The van der Waals surface area contributed by atoms with Gasteiger partial charge in [-0.1, -0.05) is 6.92 Å². The van der Waals surface area contributed by atoms with E-state index in [1.54, 1.807) is 0 Å². The zero-order valence-corrected chi connectivity index (χ0v) is 12.5. The topological polar surface area (TPSA) is 18.5 Å². The van der Waals surface area contributed by atoms with Crippen LogP contribution in [0.4, 0.5) is 0 Å². The highest BCUT2D eigenvalue weighted by Crippen LogP contribution is 2.25. The van der Waals surface area contributed by atoms with Crippen LogP contribution < -0.4 is 5.32 Å². The molecule has 0 aliphatic carbocycles. The predicted octanol–water partition coefficient (Wildman–Crippen LogP) is 1.79. The van der Waals surface area contributed by atoms with E-state index in [1.165, 1.54) is 64.8 Å². The zero-order chi connectivity index (χ0) is 13.0. The first-order valence-electron chi connectivity index (χ1n) is 7.76. The highest BCUT2D eigenvalue weighted by atomic mass is 15.2. The van der Waals surface area contributed by atoms with Crippen LogP contribution in [0.2, 0.25) is 0 Å². The standard InChI is InChI=1S/C15H31N3/c1-4-15(8-5-9-16-15)13-18(3)12-14-6-10-17(2)11-7-14/h14,16H,4-13H2,1-3H3. The lowest BCUT2D eigenvalue weighted by atomic mass is 9.92. The Labute approximate surface area is 113 Å². The summed E-state index contributed by atoms with van der Waals surface area (Å²) in [6, 6.07) is 0. The fourth-order valence-corrected chi connectivity index (χ4v) is 3.68. The number of likely N-dealkylation sites (N-methyl/N-ethyl adjacent to an activating group) is 1. The molecule has 1 atom stereocenters. The molecule has 0 radical (unpaired) electrons. The Kier molecular flexibility index (Phi) is 5.05. The van der Waals surface area contributed by atoms with Crippen molar-refractivity contribution in [1.82, 2.24) is 15.1 Å². The van der Waals surface area contributed by atoms with Gasteiger partial charge in [-0.25, -0.2) is 0 Å². The third kappa shape index (κ3) is 3.69. The zero-order valence-electron chi connectivity index (χ0n) is 12.5. The minimum atomic E-state index is 0.417. The number of hydrogen-bond acceptors (Lipinski definition) is 3. The summed E-state index contributed by atoms with van der Waals surface area (Å²) in [6.45, 7) is 8.65. The normalized spacial score (nSPS) is 31.3. The first kappa shape index (κ1) is 14.3. The number of rotatable bonds is 5. The van der Waals surface area contributed by atoms with E-state index in [1.807, 2.05) is 0 Å². The van der Waals surface area contributed by atoms with Gasteiger partial charge in [-0.15, -0.1) is 0 Å². The SMILES string of the molecule is CCC1(CN(C)CC2CCN(C)CC2)CCCN1. The summed E-state index contributed by atoms with van der Waals surface area (Å²) >= 11 is 0. The van der Waals surface area contributed by atoms with Crippen molar-refractivity contribution in [2.24, 2.45) is 5.92 Å². The molecule has 1 N–H and O–H groups in total. The van der Waals surface area contributed by atoms with Crippen LogP contribution in [0.1, 0.15) is 39.0 Å². The molecule has 0 aromatic carbocycles. The molecule has 3 heteroatoms. The van der Waals surface area contributed by atoms with Crippen LogP contribution in [0.25, 0.3) is 0 Å². The van der Waals surface area contributed by atoms with E-state index in [2.05, 4.69) is 36.1 Å². The highest BCUT2D eigenvalue weighted by molar-refractivity contribution is 4.94. The minimum Gasteiger partial charge on any atom is -0.310 e. The van der Waals surface area contributed by atoms with E-state index in [0.29, 0.717) is 5.54 Å². The van der Waals surface area contributed by atoms with Crippen molar-refractivity contribution in [2.75, 3.05) is 46.8 Å². The first-order chi connectivity index (χ1) is 8.63. The molecule has 0 aromatic rings. The second kappa shape index (κ2) is 6.36. The van der Waals surface area contributed by atoms with Crippen molar-refractivity contribution in [3.63, 3.8) is 0 Å². The molecule has 2 fully saturated rings. The number of hydrogen-bond donors (Lipinski definition) is 1. The molecule has 2 rings (SSSR count). The van der Waals surface area contributed by atoms with Gasteiger partial charge in [-0.05, 0) is 71.8 Å². The molecule has 2 aliphatic rings. The van der Waals surface area contributed by atoms with Gasteiger partial charge in [0.05, 0.1) is 0 Å². The summed E-state index contributed by atoms with van der Waals surface area (Å²) in [7, 11) is 4.56. The van der Waals surface area contributed by atoms with Gasteiger partial charge in [0.1, 0.15) is 0 Å². The Morgan fingerprint density at radius 1 is 1.33 bits per heavy atom. The molecule has 0 bridgehead atoms. The average molecular weight is 253 g/mol. The van der Waals surface area contributed by atoms with Crippen molar-refractivity contribution in [2.45, 2.75) is 44.6 Å². The second-order valence-corrected chi connectivity index (χ2v) is 6.61. The Morgan fingerprint density at radius 3 is 2.61 bits per heavy atom. The number of nitrogens with zero attached hydrogens (tertiary/aromatic N) is 2. The molecule has 0 saturated carbocycles. The van der Waals surface area contributed by atoms with Crippen molar-refractivity contribution >= 4 is 0 Å². The van der Waals surface area contributed by atoms with Crippen LogP contribution >= 0.6 is 0 Å². The monoisotopic (exact) mass is 253 g/mol. The molecule has 0 aromatic heterocycles. The summed E-state index contributed by atoms with van der Waals surface area (Å²) in [4.78, 5) is 5.04. The van der Waals surface area contributed by atoms with Gasteiger partial charge >= 0.3 is 0 Å². The number of likely N-dealkylation sites (tertiary alicyclic amines) is 1. The minimum absolute atomic E-state index is 0.417. The van der Waals surface area contributed by atoms with Crippen molar-refractivity contribution in [3.05, 3.63) is 0 Å². The van der Waals surface area contributed by atoms with Gasteiger partial charge in [0.25, 0.3) is 0 Å². The lowest BCUT2D eigenvalue weighted by Crippen LogP contribution is -2.49. The third-order valence-electron chi connectivity index (χ3n) is 4.99. The van der Waals surface area contributed by atoms with Gasteiger partial charge < -0.3 is 15.1 Å². The van der Waals surface area contributed by atoms with E-state index in [9.17, 15) is 0 Å². The van der Waals surface area contributed by atoms with E-state index >= 15 is 0 Å². The van der Waals surface area contributed by atoms with Gasteiger partial charge in [-0.3, -0.25) is 0 Å². The predicted molar refractivity (Wildman–Crippen MR) is 78.0 cm³/mol. The molecule has 2 saturated heterocycles. The summed E-state index contributed by atoms with van der Waals surface area (Å²) in [5, 5.41) is 3.75. The van der Waals surface area contributed by atoms with Gasteiger partial charge in [0, 0.05) is 18.6 Å². The van der Waals surface area contributed by atoms with Crippen LogP contribution in [0, 0.1) is 5.92 Å². The van der Waals surface area contributed by atoms with Crippen LogP contribution in [0.5, 0.6) is 0 Å². The Balaban J connectivity index is 1.75. The van der Waals surface area contributed by atoms with Crippen LogP contribution in [-0.2, 0) is 0 Å². The van der Waals surface area contributed by atoms with Crippen molar-refractivity contribution in [1.29, 1.82) is 0 Å². The molecule has 0 spiro atoms. The maximum atomic E-state index is 3.75. The molecule has 18 heavy (non-hydrogen) atoms. The molecule has 3 nitrogen and oxygen atoms in total. The van der Waals surface area contributed by atoms with E-state index in [0.717, 1.165) is 5.92 Å². The Morgan fingerprint density at radius 2 is 2.06 bits per heavy atom. The molecule has 2 aliphatic heterocycles. The molecular formula is C15H31N3. The molecule has 1 unspecified atom stereocenters. The fraction of sp³-hybridized carbons (Fsp3) is 1.00. The molecule has 106 valence electrons. The van der Waals surface area contributed by atoms with Crippen LogP contribution in [-0.4, -0.2) is 62.2 Å². The van der Waals surface area contributed by atoms with Gasteiger partial charge in [-0.2, -0.15) is 0 Å². The lowest BCUT2D eigenvalue weighted by Gasteiger charge is -2.36. The summed E-state index contributed by atoms with van der Waals surface area (Å²) in [6.07, 6.45) is 6.75. The maximum Gasteiger partial charge on any atom is 0.0306 e. The Hall–Kier alpha value is -0.120. The quantitative estimate of drug-likeness (QED) is 0.806. The first-order valence-corrected chi connectivity index (χ1v) is 7.76. The van der Waals surface area contributed by atoms with E-state index < -0.39 is 0 Å². The number of nitrogens with one attached hydrogen (secondary N) is 1. The van der Waals surface area contributed by atoms with Gasteiger partial charge in [0.15, 0.2) is 0 Å². The summed E-state index contributed by atoms with van der Waals surface area (Å²) in [5.41, 5.74) is 0.417. The van der Waals surface area contributed by atoms with Gasteiger partial charge in [0.2, 0.25) is 0 Å². The van der Waals surface area contributed by atoms with E-state index in [4.69, 9.17) is 0 Å². The summed E-state index contributed by atoms with van der Waals surface area (Å²) < 4.78 is 0.